The first-order valence-electron chi connectivity index (χ1n) is 11.9. The molecular weight excluding hydrogens is 479 g/mol. The van der Waals surface area contributed by atoms with Crippen LogP contribution in [0.2, 0.25) is 0 Å². The lowest BCUT2D eigenvalue weighted by atomic mass is 10.1. The van der Waals surface area contributed by atoms with Gasteiger partial charge in [0.05, 0.1) is 6.20 Å². The second kappa shape index (κ2) is 9.52. The molecule has 11 nitrogen and oxygen atoms in total. The number of amides is 2. The first-order valence-corrected chi connectivity index (χ1v) is 11.9. The lowest BCUT2D eigenvalue weighted by Gasteiger charge is -2.35. The summed E-state index contributed by atoms with van der Waals surface area (Å²) in [5, 5.41) is 8.60. The molecule has 0 aliphatic carbocycles. The van der Waals surface area contributed by atoms with E-state index in [-0.39, 0.29) is 35.2 Å². The third-order valence-electron chi connectivity index (χ3n) is 6.21. The van der Waals surface area contributed by atoms with E-state index in [1.54, 1.807) is 32.9 Å². The number of hydrogen-bond donors (Lipinski definition) is 3. The number of nitrogens with zero attached hydrogens (tertiary/aromatic N) is 5. The molecule has 0 bridgehead atoms. The van der Waals surface area contributed by atoms with Crippen LogP contribution < -0.4 is 25.6 Å². The van der Waals surface area contributed by atoms with Gasteiger partial charge in [0.1, 0.15) is 5.82 Å². The molecule has 3 aromatic rings. The van der Waals surface area contributed by atoms with Gasteiger partial charge in [0.2, 0.25) is 11.9 Å². The van der Waals surface area contributed by atoms with Gasteiger partial charge in [-0.2, -0.15) is 4.98 Å². The highest BCUT2D eigenvalue weighted by Gasteiger charge is 2.36. The Labute approximate surface area is 213 Å². The molecule has 4 heterocycles. The van der Waals surface area contributed by atoms with Crippen LogP contribution in [0.4, 0.5) is 39.2 Å². The fraction of sp³-hybridized carbons (Fsp3) is 0.320. The lowest BCUT2D eigenvalue weighted by molar-refractivity contribution is -0.130. The van der Waals surface area contributed by atoms with E-state index in [9.17, 15) is 14.0 Å². The predicted octanol–water partition coefficient (Wildman–Crippen LogP) is 3.28. The summed E-state index contributed by atoms with van der Waals surface area (Å²) in [6, 6.07) is 11.0. The Morgan fingerprint density at radius 3 is 2.49 bits per heavy atom. The van der Waals surface area contributed by atoms with E-state index in [0.717, 1.165) is 30.7 Å². The molecule has 2 aliphatic rings. The number of piperazine rings is 1. The zero-order valence-electron chi connectivity index (χ0n) is 20.7. The summed E-state index contributed by atoms with van der Waals surface area (Å²) in [7, 11) is 0. The molecule has 0 spiro atoms. The summed E-state index contributed by atoms with van der Waals surface area (Å²) < 4.78 is 20.1. The Kier molecular flexibility index (Phi) is 6.24. The maximum absolute atomic E-state index is 14.5. The van der Waals surface area contributed by atoms with Crippen molar-refractivity contribution in [2.75, 3.05) is 47.0 Å². The van der Waals surface area contributed by atoms with Crippen LogP contribution in [0.25, 0.3) is 0 Å². The second-order valence-corrected chi connectivity index (χ2v) is 9.29. The molecule has 2 aliphatic heterocycles. The number of pyridine rings is 1. The molecule has 1 fully saturated rings. The molecule has 192 valence electrons. The second-order valence-electron chi connectivity index (χ2n) is 9.29. The molecule has 37 heavy (non-hydrogen) atoms. The quantitative estimate of drug-likeness (QED) is 0.478. The fourth-order valence-electron chi connectivity index (χ4n) is 4.07. The summed E-state index contributed by atoms with van der Waals surface area (Å²) in [5.74, 6) is 0.172. The predicted molar refractivity (Wildman–Crippen MR) is 137 cm³/mol. The van der Waals surface area contributed by atoms with Crippen molar-refractivity contribution in [3.63, 3.8) is 0 Å². The van der Waals surface area contributed by atoms with E-state index >= 15 is 0 Å². The van der Waals surface area contributed by atoms with Gasteiger partial charge < -0.3 is 30.5 Å². The minimum absolute atomic E-state index is 0.0757. The Bertz CT molecular complexity index is 1340. The van der Waals surface area contributed by atoms with Gasteiger partial charge in [-0.15, -0.1) is 0 Å². The van der Waals surface area contributed by atoms with Crippen molar-refractivity contribution < 1.29 is 18.7 Å². The van der Waals surface area contributed by atoms with Crippen LogP contribution in [0.1, 0.15) is 20.8 Å². The molecule has 1 saturated heterocycles. The monoisotopic (exact) mass is 506 g/mol. The van der Waals surface area contributed by atoms with Crippen molar-refractivity contribution in [2.24, 2.45) is 0 Å². The molecule has 3 N–H and O–H groups in total. The molecule has 2 amide bonds. The Morgan fingerprint density at radius 2 is 1.78 bits per heavy atom. The van der Waals surface area contributed by atoms with E-state index in [2.05, 4.69) is 35.8 Å². The SMILES string of the molecule is CC(=O)N1CCN(c2ccc(Nc3ncc(F)c(Nc4ccc5c(n4)NC(=O)C(C)(C)O5)n3)cc2)CC1. The largest absolute Gasteiger partial charge is 0.474 e. The van der Waals surface area contributed by atoms with Gasteiger partial charge >= 0.3 is 0 Å². The van der Waals surface area contributed by atoms with E-state index in [1.165, 1.54) is 0 Å². The Balaban J connectivity index is 1.25. The first kappa shape index (κ1) is 24.2. The van der Waals surface area contributed by atoms with Crippen molar-refractivity contribution in [3.05, 3.63) is 48.4 Å². The number of aromatic nitrogens is 3. The molecule has 0 saturated carbocycles. The Morgan fingerprint density at radius 1 is 1.05 bits per heavy atom. The maximum Gasteiger partial charge on any atom is 0.269 e. The van der Waals surface area contributed by atoms with Crippen molar-refractivity contribution >= 4 is 46.6 Å². The van der Waals surface area contributed by atoms with Crippen LogP contribution in [0, 0.1) is 5.82 Å². The smallest absolute Gasteiger partial charge is 0.269 e. The van der Waals surface area contributed by atoms with Crippen molar-refractivity contribution in [2.45, 2.75) is 26.4 Å². The number of fused-ring (bicyclic) bond motifs is 1. The van der Waals surface area contributed by atoms with Crippen molar-refractivity contribution in [3.8, 4) is 5.75 Å². The molecule has 0 unspecified atom stereocenters. The summed E-state index contributed by atoms with van der Waals surface area (Å²) in [6.45, 7) is 7.85. The zero-order chi connectivity index (χ0) is 26.2. The van der Waals surface area contributed by atoms with Crippen LogP contribution in [0.3, 0.4) is 0 Å². The number of rotatable bonds is 5. The zero-order valence-corrected chi connectivity index (χ0v) is 20.7. The number of carbonyl (C=O) groups is 2. The van der Waals surface area contributed by atoms with Gasteiger partial charge in [-0.1, -0.05) is 0 Å². The number of carbonyl (C=O) groups excluding carboxylic acids is 2. The number of nitrogens with one attached hydrogen (secondary N) is 3. The summed E-state index contributed by atoms with van der Waals surface area (Å²) in [5.41, 5.74) is 0.776. The minimum Gasteiger partial charge on any atom is -0.474 e. The summed E-state index contributed by atoms with van der Waals surface area (Å²) >= 11 is 0. The normalized spacial score (nSPS) is 16.4. The highest BCUT2D eigenvalue weighted by Crippen LogP contribution is 2.33. The number of ether oxygens (including phenoxy) is 1. The highest BCUT2D eigenvalue weighted by molar-refractivity contribution is 5.99. The van der Waals surface area contributed by atoms with Gasteiger partial charge in [0, 0.05) is 44.5 Å². The highest BCUT2D eigenvalue weighted by atomic mass is 19.1. The van der Waals surface area contributed by atoms with E-state index < -0.39 is 11.4 Å². The lowest BCUT2D eigenvalue weighted by Crippen LogP contribution is -2.48. The van der Waals surface area contributed by atoms with E-state index in [4.69, 9.17) is 4.74 Å². The number of anilines is 6. The van der Waals surface area contributed by atoms with Gasteiger partial charge in [-0.05, 0) is 50.2 Å². The third-order valence-corrected chi connectivity index (χ3v) is 6.21. The van der Waals surface area contributed by atoms with Crippen LogP contribution >= 0.6 is 0 Å². The van der Waals surface area contributed by atoms with Gasteiger partial charge in [0.15, 0.2) is 28.8 Å². The molecule has 0 atom stereocenters. The number of benzene rings is 1. The number of hydrogen-bond acceptors (Lipinski definition) is 9. The van der Waals surface area contributed by atoms with E-state index in [0.29, 0.717) is 18.8 Å². The van der Waals surface area contributed by atoms with Crippen LogP contribution in [-0.2, 0) is 9.59 Å². The fourth-order valence-corrected chi connectivity index (χ4v) is 4.07. The van der Waals surface area contributed by atoms with Gasteiger partial charge in [-0.25, -0.2) is 14.4 Å². The topological polar surface area (TPSA) is 125 Å². The van der Waals surface area contributed by atoms with Crippen LogP contribution in [-0.4, -0.2) is 63.4 Å². The minimum atomic E-state index is -1.01. The van der Waals surface area contributed by atoms with Crippen LogP contribution in [0.15, 0.2) is 42.6 Å². The molecule has 12 heteroatoms. The van der Waals surface area contributed by atoms with Gasteiger partial charge in [0.25, 0.3) is 5.91 Å². The van der Waals surface area contributed by atoms with E-state index in [1.807, 2.05) is 29.2 Å². The molecule has 1 aromatic carbocycles. The third kappa shape index (κ3) is 5.22. The average molecular weight is 507 g/mol. The van der Waals surface area contributed by atoms with Crippen LogP contribution in [0.5, 0.6) is 5.75 Å². The first-order chi connectivity index (χ1) is 17.7. The molecular formula is C25H27FN8O3. The standard InChI is InChI=1S/C25H27FN8O3/c1-15(35)33-10-12-34(13-11-33)17-6-4-16(5-7-17)28-24-27-14-18(26)21(32-24)29-20-9-8-19-22(30-20)31-23(36)25(2,3)37-19/h4-9,14H,10-13H2,1-3H3,(H3,27,28,29,30,31,32,36). The molecule has 0 radical (unpaired) electrons. The summed E-state index contributed by atoms with van der Waals surface area (Å²) in [6.07, 6.45) is 1.06. The van der Waals surface area contributed by atoms with Crippen molar-refractivity contribution in [1.29, 1.82) is 0 Å². The average Bonchev–Trinajstić information content (AvgIpc) is 2.87. The maximum atomic E-state index is 14.5. The van der Waals surface area contributed by atoms with Gasteiger partial charge in [-0.3, -0.25) is 9.59 Å². The molecule has 2 aromatic heterocycles. The summed E-state index contributed by atoms with van der Waals surface area (Å²) in [4.78, 5) is 40.3. The Hall–Kier alpha value is -4.48. The van der Waals surface area contributed by atoms with Crippen molar-refractivity contribution in [1.82, 2.24) is 19.9 Å². The number of halogens is 1. The molecule has 5 rings (SSSR count).